The minimum atomic E-state index is -0.862. The van der Waals surface area contributed by atoms with Gasteiger partial charge in [-0.1, -0.05) is 26.0 Å². The van der Waals surface area contributed by atoms with Crippen LogP contribution in [-0.4, -0.2) is 39.9 Å². The Balaban J connectivity index is 1.75. The predicted octanol–water partition coefficient (Wildman–Crippen LogP) is 5.28. The monoisotopic (exact) mass is 490 g/mol. The number of ketones is 1. The highest BCUT2D eigenvalue weighted by Gasteiger charge is 2.44. The minimum Gasteiger partial charge on any atom is -0.503 e. The van der Waals surface area contributed by atoms with Crippen LogP contribution < -0.4 is 9.47 Å². The Morgan fingerprint density at radius 2 is 2.00 bits per heavy atom. The molecule has 0 saturated heterocycles. The van der Waals surface area contributed by atoms with Crippen LogP contribution in [0.15, 0.2) is 76.9 Å². The van der Waals surface area contributed by atoms with Crippen molar-refractivity contribution in [3.63, 3.8) is 0 Å². The zero-order valence-electron chi connectivity index (χ0n) is 20.6. The number of aromatic nitrogens is 1. The molecule has 0 bridgehead atoms. The summed E-state index contributed by atoms with van der Waals surface area (Å²) in [5.74, 6) is -0.181. The van der Waals surface area contributed by atoms with Crippen LogP contribution in [0.2, 0.25) is 0 Å². The van der Waals surface area contributed by atoms with Gasteiger partial charge in [0.25, 0.3) is 5.91 Å². The number of ether oxygens (including phenoxy) is 2. The number of furan rings is 1. The molecule has 1 aromatic carbocycles. The molecule has 1 aliphatic rings. The molecule has 1 atom stereocenters. The third-order valence-corrected chi connectivity index (χ3v) is 5.91. The smallest absolute Gasteiger partial charge is 0.290 e. The second-order valence-electron chi connectivity index (χ2n) is 8.94. The minimum absolute atomic E-state index is 0.0382. The van der Waals surface area contributed by atoms with Gasteiger partial charge in [-0.25, -0.2) is 0 Å². The van der Waals surface area contributed by atoms with E-state index < -0.39 is 23.5 Å². The average molecular weight is 491 g/mol. The van der Waals surface area contributed by atoms with Gasteiger partial charge in [-0.3, -0.25) is 14.6 Å². The summed E-state index contributed by atoms with van der Waals surface area (Å²) >= 11 is 0. The van der Waals surface area contributed by atoms with Crippen LogP contribution in [-0.2, 0) is 11.3 Å². The molecule has 0 fully saturated rings. The van der Waals surface area contributed by atoms with Gasteiger partial charge >= 0.3 is 0 Å². The standard InChI is InChI=1S/C28H30N2O6/c1-4-34-23-15-20(9-10-21(23)36-14-11-18(2)3)25-24(26(31)22-8-6-13-35-22)27(32)28(33)30(25)17-19-7-5-12-29-16-19/h5-10,12-13,15-16,18,25,32H,4,11,14,17H2,1-3H3. The normalized spacial score (nSPS) is 15.6. The largest absolute Gasteiger partial charge is 0.503 e. The first-order valence-corrected chi connectivity index (χ1v) is 12.0. The van der Waals surface area contributed by atoms with Crippen LogP contribution in [0.25, 0.3) is 0 Å². The number of hydrogen-bond donors (Lipinski definition) is 1. The van der Waals surface area contributed by atoms with Gasteiger partial charge in [0.1, 0.15) is 0 Å². The van der Waals surface area contributed by atoms with E-state index >= 15 is 0 Å². The number of carbonyl (C=O) groups excluding carboxylic acids is 2. The number of Topliss-reactive ketones (excluding diaryl/α,β-unsaturated/α-hetero) is 1. The van der Waals surface area contributed by atoms with E-state index in [1.807, 2.05) is 13.0 Å². The number of hydrogen-bond acceptors (Lipinski definition) is 7. The number of amides is 1. The quantitative estimate of drug-likeness (QED) is 0.365. The van der Waals surface area contributed by atoms with Crippen molar-refractivity contribution in [2.24, 2.45) is 5.92 Å². The van der Waals surface area contributed by atoms with Crippen LogP contribution in [0.1, 0.15) is 54.9 Å². The number of rotatable bonds is 11. The molecule has 0 saturated carbocycles. The fourth-order valence-electron chi connectivity index (χ4n) is 4.11. The molecule has 1 aliphatic heterocycles. The van der Waals surface area contributed by atoms with Crippen molar-refractivity contribution < 1.29 is 28.6 Å². The molecular formula is C28H30N2O6. The molecular weight excluding hydrogens is 460 g/mol. The molecule has 0 spiro atoms. The summed E-state index contributed by atoms with van der Waals surface area (Å²) < 4.78 is 17.1. The van der Waals surface area contributed by atoms with Crippen LogP contribution >= 0.6 is 0 Å². The summed E-state index contributed by atoms with van der Waals surface area (Å²) in [5, 5.41) is 10.9. The lowest BCUT2D eigenvalue weighted by atomic mass is 9.94. The maximum Gasteiger partial charge on any atom is 0.290 e. The summed E-state index contributed by atoms with van der Waals surface area (Å²) in [4.78, 5) is 32.2. The van der Waals surface area contributed by atoms with Gasteiger partial charge in [0.2, 0.25) is 5.78 Å². The Morgan fingerprint density at radius 1 is 1.17 bits per heavy atom. The van der Waals surface area contributed by atoms with Crippen molar-refractivity contribution >= 4 is 11.7 Å². The Bertz CT molecular complexity index is 1230. The molecule has 36 heavy (non-hydrogen) atoms. The predicted molar refractivity (Wildman–Crippen MR) is 133 cm³/mol. The number of pyridine rings is 1. The van der Waals surface area contributed by atoms with E-state index in [4.69, 9.17) is 13.9 Å². The van der Waals surface area contributed by atoms with Crippen molar-refractivity contribution in [1.82, 2.24) is 9.88 Å². The lowest BCUT2D eigenvalue weighted by Gasteiger charge is -2.27. The molecule has 1 N–H and O–H groups in total. The molecule has 0 aliphatic carbocycles. The summed E-state index contributed by atoms with van der Waals surface area (Å²) in [6, 6.07) is 11.1. The molecule has 1 amide bonds. The Hall–Kier alpha value is -4.07. The van der Waals surface area contributed by atoms with Crippen molar-refractivity contribution in [1.29, 1.82) is 0 Å². The zero-order valence-corrected chi connectivity index (χ0v) is 20.6. The van der Waals surface area contributed by atoms with Gasteiger partial charge in [-0.05, 0) is 60.7 Å². The number of aliphatic hydroxyl groups is 1. The highest BCUT2D eigenvalue weighted by molar-refractivity contribution is 6.15. The van der Waals surface area contributed by atoms with Crippen LogP contribution in [0, 0.1) is 5.92 Å². The number of aliphatic hydroxyl groups excluding tert-OH is 1. The van der Waals surface area contributed by atoms with Crippen molar-refractivity contribution in [2.75, 3.05) is 13.2 Å². The average Bonchev–Trinajstić information content (AvgIpc) is 3.49. The van der Waals surface area contributed by atoms with Gasteiger partial charge in [-0.2, -0.15) is 0 Å². The van der Waals surface area contributed by atoms with Crippen molar-refractivity contribution in [2.45, 2.75) is 39.8 Å². The van der Waals surface area contributed by atoms with Crippen molar-refractivity contribution in [3.05, 3.63) is 89.3 Å². The highest BCUT2D eigenvalue weighted by atomic mass is 16.5. The van der Waals surface area contributed by atoms with E-state index in [9.17, 15) is 14.7 Å². The number of benzene rings is 1. The molecule has 188 valence electrons. The van der Waals surface area contributed by atoms with E-state index in [2.05, 4.69) is 18.8 Å². The maximum absolute atomic E-state index is 13.4. The molecule has 4 rings (SSSR count). The van der Waals surface area contributed by atoms with Crippen LogP contribution in [0.5, 0.6) is 11.5 Å². The molecule has 8 heteroatoms. The second-order valence-corrected chi connectivity index (χ2v) is 8.94. The van der Waals surface area contributed by atoms with E-state index in [0.29, 0.717) is 36.2 Å². The molecule has 0 radical (unpaired) electrons. The molecule has 1 unspecified atom stereocenters. The summed E-state index contributed by atoms with van der Waals surface area (Å²) in [5.41, 5.74) is 1.31. The zero-order chi connectivity index (χ0) is 25.7. The van der Waals surface area contributed by atoms with Crippen molar-refractivity contribution in [3.8, 4) is 11.5 Å². The van der Waals surface area contributed by atoms with E-state index in [1.165, 1.54) is 17.2 Å². The Morgan fingerprint density at radius 3 is 2.67 bits per heavy atom. The Kier molecular flexibility index (Phi) is 7.73. The lowest BCUT2D eigenvalue weighted by Crippen LogP contribution is -2.30. The first kappa shape index (κ1) is 25.0. The van der Waals surface area contributed by atoms with Gasteiger partial charge in [0, 0.05) is 18.9 Å². The fourth-order valence-corrected chi connectivity index (χ4v) is 4.11. The summed E-state index contributed by atoms with van der Waals surface area (Å²) in [6.07, 6.45) is 5.55. The van der Waals surface area contributed by atoms with Crippen LogP contribution in [0.3, 0.4) is 0 Å². The number of carbonyl (C=O) groups is 2. The maximum atomic E-state index is 13.4. The van der Waals surface area contributed by atoms with E-state index in [0.717, 1.165) is 12.0 Å². The summed E-state index contributed by atoms with van der Waals surface area (Å²) in [7, 11) is 0. The van der Waals surface area contributed by atoms with Crippen LogP contribution in [0.4, 0.5) is 0 Å². The first-order chi connectivity index (χ1) is 17.4. The molecule has 8 nitrogen and oxygen atoms in total. The van der Waals surface area contributed by atoms with Gasteiger partial charge in [0.05, 0.1) is 31.1 Å². The van der Waals surface area contributed by atoms with E-state index in [1.54, 1.807) is 42.7 Å². The van der Waals surface area contributed by atoms with Gasteiger partial charge < -0.3 is 23.9 Å². The van der Waals surface area contributed by atoms with Gasteiger partial charge in [-0.15, -0.1) is 0 Å². The first-order valence-electron chi connectivity index (χ1n) is 12.0. The SMILES string of the molecule is CCOc1cc(C2C(C(=O)c3ccco3)=C(O)C(=O)N2Cc2cccnc2)ccc1OCCC(C)C. The second kappa shape index (κ2) is 11.1. The Labute approximate surface area is 210 Å². The highest BCUT2D eigenvalue weighted by Crippen LogP contribution is 2.42. The lowest BCUT2D eigenvalue weighted by molar-refractivity contribution is -0.130. The third kappa shape index (κ3) is 5.27. The molecule has 3 heterocycles. The topological polar surface area (TPSA) is 102 Å². The van der Waals surface area contributed by atoms with E-state index in [-0.39, 0.29) is 17.9 Å². The molecule has 2 aromatic heterocycles. The number of nitrogens with zero attached hydrogens (tertiary/aromatic N) is 2. The summed E-state index contributed by atoms with van der Waals surface area (Å²) in [6.45, 7) is 7.21. The van der Waals surface area contributed by atoms with Gasteiger partial charge in [0.15, 0.2) is 23.0 Å². The fraction of sp³-hybridized carbons (Fsp3) is 0.321. The third-order valence-electron chi connectivity index (χ3n) is 5.91. The molecule has 3 aromatic rings.